The van der Waals surface area contributed by atoms with Gasteiger partial charge in [-0.3, -0.25) is 28.8 Å². The molecule has 1 unspecified atom stereocenters. The molecular formula is C55H85Cl2N7O8. The monoisotopic (exact) mass is 1040 g/mol. The highest BCUT2D eigenvalue weighted by Crippen LogP contribution is 2.37. The number of hydrogen-bond donors (Lipinski definition) is 5. The third kappa shape index (κ3) is 14.7. The molecule has 72 heavy (non-hydrogen) atoms. The van der Waals surface area contributed by atoms with Crippen molar-refractivity contribution < 1.29 is 38.2 Å². The van der Waals surface area contributed by atoms with Crippen LogP contribution in [0, 0.1) is 16.7 Å². The van der Waals surface area contributed by atoms with E-state index in [9.17, 15) is 28.8 Å². The minimum atomic E-state index is -0.790. The molecule has 5 N–H and O–H groups in total. The van der Waals surface area contributed by atoms with Crippen LogP contribution in [-0.4, -0.2) is 121 Å². The molecule has 2 heterocycles. The lowest BCUT2D eigenvalue weighted by Gasteiger charge is -2.36. The van der Waals surface area contributed by atoms with Crippen LogP contribution in [0.5, 0.6) is 0 Å². The molecule has 17 heteroatoms. The van der Waals surface area contributed by atoms with Crippen molar-refractivity contribution in [1.82, 2.24) is 36.4 Å². The number of ether oxygens (including phenoxy) is 2. The zero-order valence-corrected chi connectivity index (χ0v) is 46.1. The van der Waals surface area contributed by atoms with Gasteiger partial charge in [0.15, 0.2) is 0 Å². The minimum absolute atomic E-state index is 0. The van der Waals surface area contributed by atoms with Crippen molar-refractivity contribution in [3.05, 3.63) is 70.8 Å². The fourth-order valence-corrected chi connectivity index (χ4v) is 10.4. The second-order valence-electron chi connectivity index (χ2n) is 22.3. The molecule has 2 saturated heterocycles. The lowest BCUT2D eigenvalue weighted by atomic mass is 9.85. The molecule has 402 valence electrons. The van der Waals surface area contributed by atoms with Crippen molar-refractivity contribution in [2.24, 2.45) is 16.7 Å². The molecule has 10 atom stereocenters. The van der Waals surface area contributed by atoms with Gasteiger partial charge in [0.2, 0.25) is 35.4 Å². The van der Waals surface area contributed by atoms with Crippen molar-refractivity contribution in [2.45, 2.75) is 187 Å². The second-order valence-corrected chi connectivity index (χ2v) is 22.3. The summed E-state index contributed by atoms with van der Waals surface area (Å²) in [4.78, 5) is 85.6. The number of rotatable bonds is 21. The van der Waals surface area contributed by atoms with Crippen LogP contribution in [0.3, 0.4) is 0 Å². The normalized spacial score (nSPS) is 23.1. The van der Waals surface area contributed by atoms with Crippen molar-refractivity contribution in [3.8, 4) is 0 Å². The molecule has 0 saturated carbocycles. The summed E-state index contributed by atoms with van der Waals surface area (Å²) >= 11 is 0. The fraction of sp³-hybridized carbons (Fsp3) is 0.673. The van der Waals surface area contributed by atoms with E-state index < -0.39 is 41.0 Å². The summed E-state index contributed by atoms with van der Waals surface area (Å²) in [5.41, 5.74) is 3.24. The number of nitrogens with zero attached hydrogens (tertiary/aromatic N) is 2. The molecule has 4 aliphatic rings. The lowest BCUT2D eigenvalue weighted by Crippen LogP contribution is -2.59. The van der Waals surface area contributed by atoms with Crippen molar-refractivity contribution >= 4 is 60.3 Å². The third-order valence-corrected chi connectivity index (χ3v) is 15.0. The first-order valence-corrected chi connectivity index (χ1v) is 26.1. The van der Waals surface area contributed by atoms with Gasteiger partial charge in [0.1, 0.15) is 24.2 Å². The molecule has 0 spiro atoms. The maximum atomic E-state index is 14.1. The summed E-state index contributed by atoms with van der Waals surface area (Å²) in [7, 11) is 1.70. The zero-order chi connectivity index (χ0) is 50.9. The highest BCUT2D eigenvalue weighted by atomic mass is 35.5. The standard InChI is InChI=1S/C55H83N7O8.2ClH/c1-11-34(2)48(63)59-46(54(4,5)6)52(67)61-28-20-26-40(61)50(65)57-44-38-24-16-14-22-36(38)32-42(44)69-30-18-12-13-19-31-70-43-33-37-23-15-17-25-39(37)45(43)58-51(66)41-27-21-29-62(41)53(68)47(55(7,8)9)60-49(64)35(3)56-10;;/h14-17,22-25,34-35,40-47,56H,11-13,18-21,26-33H2,1-10H3,(H,57,65)(H,58,66)(H,59,63)(H,60,64);2*1H/t34-,35+,40?,41+,42+,43+,44+,45+,46-,47-;;/m1../s1. The summed E-state index contributed by atoms with van der Waals surface area (Å²) in [6, 6.07) is 12.2. The average molecular weight is 1040 g/mol. The van der Waals surface area contributed by atoms with E-state index in [1.54, 1.807) is 23.8 Å². The summed E-state index contributed by atoms with van der Waals surface area (Å²) in [6.45, 7) is 19.1. The van der Waals surface area contributed by atoms with Crippen molar-refractivity contribution in [1.29, 1.82) is 0 Å². The Morgan fingerprint density at radius 3 is 1.42 bits per heavy atom. The molecule has 2 aromatic rings. The topological polar surface area (TPSA) is 188 Å². The minimum Gasteiger partial charge on any atom is -0.375 e. The van der Waals surface area contributed by atoms with E-state index in [4.69, 9.17) is 9.47 Å². The molecule has 2 fully saturated rings. The number of fused-ring (bicyclic) bond motifs is 2. The molecule has 0 aromatic heterocycles. The van der Waals surface area contributed by atoms with Gasteiger partial charge in [0.25, 0.3) is 0 Å². The van der Waals surface area contributed by atoms with Crippen LogP contribution in [-0.2, 0) is 51.1 Å². The second kappa shape index (κ2) is 26.8. The number of benzene rings is 2. The van der Waals surface area contributed by atoms with E-state index in [1.165, 1.54) is 0 Å². The van der Waals surface area contributed by atoms with Crippen molar-refractivity contribution in [2.75, 3.05) is 33.4 Å². The van der Waals surface area contributed by atoms with Gasteiger partial charge in [0, 0.05) is 45.1 Å². The lowest BCUT2D eigenvalue weighted by molar-refractivity contribution is -0.144. The molecule has 2 aliphatic heterocycles. The van der Waals surface area contributed by atoms with E-state index in [-0.39, 0.29) is 90.5 Å². The molecule has 0 radical (unpaired) electrons. The molecule has 6 rings (SSSR count). The number of amides is 6. The van der Waals surface area contributed by atoms with Crippen LogP contribution < -0.4 is 26.6 Å². The maximum Gasteiger partial charge on any atom is 0.246 e. The number of likely N-dealkylation sites (N-methyl/N-ethyl adjacent to an activating group) is 1. The maximum absolute atomic E-state index is 14.1. The number of carbonyl (C=O) groups excluding carboxylic acids is 6. The van der Waals surface area contributed by atoms with Crippen LogP contribution in [0.1, 0.15) is 154 Å². The Bertz CT molecular complexity index is 2020. The number of nitrogens with one attached hydrogen (secondary N) is 5. The smallest absolute Gasteiger partial charge is 0.246 e. The number of halogens is 2. The van der Waals surface area contributed by atoms with Gasteiger partial charge in [-0.2, -0.15) is 0 Å². The Balaban J connectivity index is 0.00000562. The number of unbranched alkanes of at least 4 members (excludes halogenated alkanes) is 3. The fourth-order valence-electron chi connectivity index (χ4n) is 10.4. The summed E-state index contributed by atoms with van der Waals surface area (Å²) < 4.78 is 13.1. The first-order chi connectivity index (χ1) is 33.2. The van der Waals surface area contributed by atoms with Gasteiger partial charge < -0.3 is 45.9 Å². The van der Waals surface area contributed by atoms with Crippen LogP contribution in [0.2, 0.25) is 0 Å². The highest BCUT2D eigenvalue weighted by Gasteiger charge is 2.46. The van der Waals surface area contributed by atoms with Gasteiger partial charge in [0.05, 0.1) is 30.3 Å². The van der Waals surface area contributed by atoms with E-state index in [0.717, 1.165) is 47.9 Å². The number of carbonyl (C=O) groups is 6. The molecule has 6 amide bonds. The Labute approximate surface area is 441 Å². The highest BCUT2D eigenvalue weighted by molar-refractivity contribution is 5.95. The summed E-state index contributed by atoms with van der Waals surface area (Å²) in [6.07, 6.45) is 7.58. The predicted molar refractivity (Wildman–Crippen MR) is 285 cm³/mol. The van der Waals surface area contributed by atoms with Gasteiger partial charge >= 0.3 is 0 Å². The van der Waals surface area contributed by atoms with Gasteiger partial charge in [-0.25, -0.2) is 0 Å². The zero-order valence-electron chi connectivity index (χ0n) is 44.5. The largest absolute Gasteiger partial charge is 0.375 e. The van der Waals surface area contributed by atoms with Crippen LogP contribution in [0.4, 0.5) is 0 Å². The van der Waals surface area contributed by atoms with Crippen LogP contribution in [0.15, 0.2) is 48.5 Å². The van der Waals surface area contributed by atoms with Gasteiger partial charge in [-0.1, -0.05) is 117 Å². The first-order valence-electron chi connectivity index (χ1n) is 26.1. The quantitative estimate of drug-likeness (QED) is 0.0850. The number of likely N-dealkylation sites (tertiary alicyclic amines) is 2. The van der Waals surface area contributed by atoms with Crippen LogP contribution >= 0.6 is 24.8 Å². The number of hydrogen-bond acceptors (Lipinski definition) is 9. The first kappa shape index (κ1) is 60.3. The Hall–Kier alpha value is -4.28. The SMILES string of the molecule is CC[C@@H](C)C(=O)N[C@H](C(=O)N1CCCC1C(=O)N[C@H]1c2ccccc2C[C@@H]1OCCCCCCO[C@H]1Cc2ccccc2[C@@H]1NC(=O)[C@@H]1CCCN1C(=O)[C@@H](NC(=O)[C@H](C)NC)C(C)(C)C)C(C)(C)C.Cl.Cl. The van der Waals surface area contributed by atoms with Crippen LogP contribution in [0.25, 0.3) is 0 Å². The Morgan fingerprint density at radius 2 is 1.03 bits per heavy atom. The average Bonchev–Trinajstić information content (AvgIpc) is 4.15. The van der Waals surface area contributed by atoms with E-state index >= 15 is 0 Å². The molecular weight excluding hydrogens is 958 g/mol. The predicted octanol–water partition coefficient (Wildman–Crippen LogP) is 6.69. The van der Waals surface area contributed by atoms with Gasteiger partial charge in [-0.15, -0.1) is 24.8 Å². The molecule has 0 bridgehead atoms. The van der Waals surface area contributed by atoms with Gasteiger partial charge in [-0.05, 0) is 92.0 Å². The third-order valence-electron chi connectivity index (χ3n) is 15.0. The van der Waals surface area contributed by atoms with Crippen molar-refractivity contribution in [3.63, 3.8) is 0 Å². The van der Waals surface area contributed by atoms with E-state index in [1.807, 2.05) is 91.8 Å². The molecule has 2 aromatic carbocycles. The molecule has 2 aliphatic carbocycles. The summed E-state index contributed by atoms with van der Waals surface area (Å²) in [5.74, 6) is -1.51. The van der Waals surface area contributed by atoms with E-state index in [0.29, 0.717) is 71.2 Å². The summed E-state index contributed by atoms with van der Waals surface area (Å²) in [5, 5.41) is 15.5. The van der Waals surface area contributed by atoms with E-state index in [2.05, 4.69) is 38.7 Å². The Morgan fingerprint density at radius 1 is 0.625 bits per heavy atom. The Kier molecular flexibility index (Phi) is 22.4. The molecule has 15 nitrogen and oxygen atoms in total.